The molecule has 0 saturated heterocycles. The number of benzene rings is 2. The second kappa shape index (κ2) is 7.63. The fraction of sp³-hybridized carbons (Fsp3) is 0.316. The van der Waals surface area contributed by atoms with Crippen LogP contribution < -0.4 is 4.72 Å². The van der Waals surface area contributed by atoms with Gasteiger partial charge >= 0.3 is 0 Å². The maximum atomic E-state index is 12.5. The molecule has 2 aromatic carbocycles. The molecule has 1 amide bonds. The topological polar surface area (TPSA) is 93.9 Å². The summed E-state index contributed by atoms with van der Waals surface area (Å²) in [5.74, 6) is -0.697. The molecular weight excluding hydrogens is 444 g/mol. The summed E-state index contributed by atoms with van der Waals surface area (Å²) in [7, 11) is -3.95. The van der Waals surface area contributed by atoms with Gasteiger partial charge in [0.25, 0.3) is 15.9 Å². The third-order valence-electron chi connectivity index (χ3n) is 5.00. The van der Waals surface area contributed by atoms with Crippen LogP contribution >= 0.6 is 15.9 Å². The lowest BCUT2D eigenvalue weighted by Crippen LogP contribution is -2.30. The number of amides is 1. The van der Waals surface area contributed by atoms with Crippen LogP contribution in [0.15, 0.2) is 51.8 Å². The van der Waals surface area contributed by atoms with Crippen molar-refractivity contribution in [1.29, 1.82) is 0 Å². The van der Waals surface area contributed by atoms with Crippen LogP contribution in [0.25, 0.3) is 11.0 Å². The Labute approximate surface area is 171 Å². The fourth-order valence-corrected chi connectivity index (χ4v) is 4.77. The Morgan fingerprint density at radius 3 is 2.50 bits per heavy atom. The van der Waals surface area contributed by atoms with Gasteiger partial charge in [0, 0.05) is 10.0 Å². The zero-order valence-corrected chi connectivity index (χ0v) is 17.4. The monoisotopic (exact) mass is 462 g/mol. The number of halogens is 1. The van der Waals surface area contributed by atoms with E-state index in [-0.39, 0.29) is 10.5 Å². The summed E-state index contributed by atoms with van der Waals surface area (Å²) in [5, 5.41) is 8.44. The second-order valence-corrected chi connectivity index (χ2v) is 9.52. The predicted octanol–water partition coefficient (Wildman–Crippen LogP) is 3.82. The van der Waals surface area contributed by atoms with Crippen molar-refractivity contribution in [2.24, 2.45) is 0 Å². The van der Waals surface area contributed by atoms with Gasteiger partial charge in [-0.05, 0) is 55.3 Å². The first-order chi connectivity index (χ1) is 13.4. The van der Waals surface area contributed by atoms with Gasteiger partial charge < -0.3 is 0 Å². The second-order valence-electron chi connectivity index (χ2n) is 6.92. The molecule has 4 rings (SSSR count). The molecule has 0 spiro atoms. The average Bonchev–Trinajstić information content (AvgIpc) is 3.12. The fourth-order valence-electron chi connectivity index (χ4n) is 3.53. The Morgan fingerprint density at radius 1 is 1.07 bits per heavy atom. The molecule has 7 nitrogen and oxygen atoms in total. The molecular formula is C19H19BrN4O3S. The molecule has 1 aliphatic carbocycles. The van der Waals surface area contributed by atoms with E-state index in [0.717, 1.165) is 22.8 Å². The number of nitrogens with zero attached hydrogens (tertiary/aromatic N) is 3. The van der Waals surface area contributed by atoms with Crippen molar-refractivity contribution in [2.75, 3.05) is 0 Å². The summed E-state index contributed by atoms with van der Waals surface area (Å²) >= 11 is 3.26. The minimum absolute atomic E-state index is 0.0216. The number of carbonyl (C=O) groups excluding carboxylic acids is 1. The van der Waals surface area contributed by atoms with Crippen LogP contribution in [0.5, 0.6) is 0 Å². The Balaban J connectivity index is 1.57. The van der Waals surface area contributed by atoms with Crippen LogP contribution in [0.1, 0.15) is 48.5 Å². The highest BCUT2D eigenvalue weighted by atomic mass is 79.9. The number of hydrogen-bond donors (Lipinski definition) is 1. The van der Waals surface area contributed by atoms with Gasteiger partial charge in [-0.3, -0.25) is 4.79 Å². The first-order valence-electron chi connectivity index (χ1n) is 9.12. The first kappa shape index (κ1) is 19.1. The predicted molar refractivity (Wildman–Crippen MR) is 108 cm³/mol. The van der Waals surface area contributed by atoms with Gasteiger partial charge in [0.2, 0.25) is 0 Å². The van der Waals surface area contributed by atoms with Crippen LogP contribution in [-0.4, -0.2) is 29.3 Å². The Hall–Kier alpha value is -2.26. The van der Waals surface area contributed by atoms with Crippen molar-refractivity contribution in [3.05, 3.63) is 52.5 Å². The molecule has 28 heavy (non-hydrogen) atoms. The summed E-state index contributed by atoms with van der Waals surface area (Å²) < 4.78 is 29.6. The van der Waals surface area contributed by atoms with E-state index >= 15 is 0 Å². The summed E-state index contributed by atoms with van der Waals surface area (Å²) in [6, 6.07) is 11.4. The maximum absolute atomic E-state index is 12.5. The highest BCUT2D eigenvalue weighted by Gasteiger charge is 2.21. The maximum Gasteiger partial charge on any atom is 0.265 e. The zero-order valence-electron chi connectivity index (χ0n) is 15.0. The molecule has 0 radical (unpaired) electrons. The Bertz CT molecular complexity index is 1120. The number of carbonyl (C=O) groups is 1. The van der Waals surface area contributed by atoms with E-state index < -0.39 is 15.9 Å². The van der Waals surface area contributed by atoms with Crippen molar-refractivity contribution in [1.82, 2.24) is 19.7 Å². The van der Waals surface area contributed by atoms with Crippen molar-refractivity contribution in [3.8, 4) is 0 Å². The molecule has 0 atom stereocenters. The summed E-state index contributed by atoms with van der Waals surface area (Å²) in [6.45, 7) is 0. The van der Waals surface area contributed by atoms with Gasteiger partial charge in [0.05, 0.1) is 16.5 Å². The van der Waals surface area contributed by atoms with Gasteiger partial charge in [-0.15, -0.1) is 5.10 Å². The first-order valence-corrected chi connectivity index (χ1v) is 11.4. The van der Waals surface area contributed by atoms with Crippen LogP contribution in [0.4, 0.5) is 0 Å². The highest BCUT2D eigenvalue weighted by molar-refractivity contribution is 9.10. The molecule has 1 aromatic heterocycles. The zero-order chi connectivity index (χ0) is 19.7. The van der Waals surface area contributed by atoms with E-state index in [9.17, 15) is 13.2 Å². The molecule has 0 bridgehead atoms. The molecule has 0 aliphatic heterocycles. The minimum Gasteiger partial charge on any atom is -0.268 e. The van der Waals surface area contributed by atoms with Gasteiger partial charge in [-0.25, -0.2) is 17.8 Å². The third kappa shape index (κ3) is 3.81. The van der Waals surface area contributed by atoms with E-state index in [1.807, 2.05) is 4.68 Å². The largest absolute Gasteiger partial charge is 0.268 e. The van der Waals surface area contributed by atoms with Crippen molar-refractivity contribution >= 4 is 42.9 Å². The molecule has 1 heterocycles. The molecule has 1 fully saturated rings. The third-order valence-corrected chi connectivity index (χ3v) is 6.88. The van der Waals surface area contributed by atoms with Gasteiger partial charge in [-0.2, -0.15) is 0 Å². The van der Waals surface area contributed by atoms with Crippen LogP contribution in [0.3, 0.4) is 0 Å². The number of nitrogens with one attached hydrogen (secondary N) is 1. The quantitative estimate of drug-likeness (QED) is 0.635. The number of aromatic nitrogens is 3. The van der Waals surface area contributed by atoms with E-state index in [2.05, 4.69) is 31.0 Å². The Morgan fingerprint density at radius 2 is 1.79 bits per heavy atom. The number of rotatable bonds is 4. The number of hydrogen-bond acceptors (Lipinski definition) is 5. The van der Waals surface area contributed by atoms with Crippen molar-refractivity contribution in [2.45, 2.75) is 43.0 Å². The lowest BCUT2D eigenvalue weighted by Gasteiger charge is -2.21. The smallest absolute Gasteiger partial charge is 0.265 e. The highest BCUT2D eigenvalue weighted by Crippen LogP contribution is 2.30. The van der Waals surface area contributed by atoms with Crippen molar-refractivity contribution < 1.29 is 13.2 Å². The summed E-state index contributed by atoms with van der Waals surface area (Å²) in [5.41, 5.74) is 1.67. The molecule has 1 N–H and O–H groups in total. The average molecular weight is 463 g/mol. The lowest BCUT2D eigenvalue weighted by atomic mass is 9.95. The van der Waals surface area contributed by atoms with Gasteiger partial charge in [0.15, 0.2) is 0 Å². The van der Waals surface area contributed by atoms with E-state index in [0.29, 0.717) is 11.6 Å². The number of sulfonamides is 1. The SMILES string of the molecule is O=C(NS(=O)(=O)c1ccc(Br)cc1)c1ccc2c(c1)nnn2C1CCCCC1. The van der Waals surface area contributed by atoms with E-state index in [4.69, 9.17) is 0 Å². The Kier molecular flexibility index (Phi) is 5.20. The van der Waals surface area contributed by atoms with E-state index in [1.165, 1.54) is 31.4 Å². The van der Waals surface area contributed by atoms with Crippen LogP contribution in [-0.2, 0) is 10.0 Å². The van der Waals surface area contributed by atoms with Crippen LogP contribution in [0.2, 0.25) is 0 Å². The summed E-state index contributed by atoms with van der Waals surface area (Å²) in [4.78, 5) is 12.5. The molecule has 146 valence electrons. The van der Waals surface area contributed by atoms with Crippen molar-refractivity contribution in [3.63, 3.8) is 0 Å². The van der Waals surface area contributed by atoms with E-state index in [1.54, 1.807) is 30.3 Å². The standard InChI is InChI=1S/C19H19BrN4O3S/c20-14-7-9-16(10-8-14)28(26,27)22-19(25)13-6-11-18-17(12-13)21-23-24(18)15-4-2-1-3-5-15/h6-12,15H,1-5H2,(H,22,25). The van der Waals surface area contributed by atoms with Crippen LogP contribution in [0, 0.1) is 0 Å². The molecule has 0 unspecified atom stereocenters. The molecule has 3 aromatic rings. The number of fused-ring (bicyclic) bond motifs is 1. The molecule has 1 saturated carbocycles. The molecule has 9 heteroatoms. The van der Waals surface area contributed by atoms with Gasteiger partial charge in [-0.1, -0.05) is 40.4 Å². The minimum atomic E-state index is -3.95. The molecule has 1 aliphatic rings. The summed E-state index contributed by atoms with van der Waals surface area (Å²) in [6.07, 6.45) is 5.76. The van der Waals surface area contributed by atoms with Gasteiger partial charge in [0.1, 0.15) is 5.52 Å². The lowest BCUT2D eigenvalue weighted by molar-refractivity contribution is 0.0981. The normalized spacial score (nSPS) is 15.6.